The summed E-state index contributed by atoms with van der Waals surface area (Å²) >= 11 is 0. The number of rotatable bonds is 6. The Labute approximate surface area is 90.4 Å². The molecule has 0 aromatic heterocycles. The molecule has 5 heteroatoms. The fourth-order valence-electron chi connectivity index (χ4n) is 1.97. The molecule has 15 heavy (non-hydrogen) atoms. The van der Waals surface area contributed by atoms with E-state index in [1.165, 1.54) is 7.11 Å². The third-order valence-electron chi connectivity index (χ3n) is 2.80. The summed E-state index contributed by atoms with van der Waals surface area (Å²) in [5.41, 5.74) is 0. The van der Waals surface area contributed by atoms with E-state index < -0.39 is 18.3 Å². The van der Waals surface area contributed by atoms with Crippen LogP contribution in [0.4, 0.5) is 0 Å². The zero-order chi connectivity index (χ0) is 11.3. The van der Waals surface area contributed by atoms with Crippen LogP contribution in [-0.2, 0) is 9.47 Å². The van der Waals surface area contributed by atoms with Crippen molar-refractivity contribution >= 4 is 0 Å². The first-order valence-corrected chi connectivity index (χ1v) is 5.36. The van der Waals surface area contributed by atoms with Gasteiger partial charge in [0, 0.05) is 7.11 Å². The van der Waals surface area contributed by atoms with Gasteiger partial charge in [0.05, 0.1) is 12.7 Å². The van der Waals surface area contributed by atoms with E-state index in [0.29, 0.717) is 0 Å². The Hall–Kier alpha value is -0.200. The standard InChI is InChI=1S/C10H21NO4/c1-11-5-3-4-7-9(13)10(14-2)8(6-12)15-7/h7-13H,3-6H2,1-2H3. The van der Waals surface area contributed by atoms with Crippen LogP contribution in [0.2, 0.25) is 0 Å². The first-order chi connectivity index (χ1) is 7.24. The van der Waals surface area contributed by atoms with Crippen molar-refractivity contribution in [1.29, 1.82) is 0 Å². The summed E-state index contributed by atoms with van der Waals surface area (Å²) in [4.78, 5) is 0. The molecule has 3 N–H and O–H groups in total. The summed E-state index contributed by atoms with van der Waals surface area (Å²) in [7, 11) is 3.41. The summed E-state index contributed by atoms with van der Waals surface area (Å²) in [6, 6.07) is 0. The maximum absolute atomic E-state index is 9.87. The maximum Gasteiger partial charge on any atom is 0.114 e. The van der Waals surface area contributed by atoms with Gasteiger partial charge in [0.25, 0.3) is 0 Å². The van der Waals surface area contributed by atoms with E-state index in [0.717, 1.165) is 19.4 Å². The third kappa shape index (κ3) is 3.12. The highest BCUT2D eigenvalue weighted by Gasteiger charge is 2.42. The van der Waals surface area contributed by atoms with Gasteiger partial charge in [-0.25, -0.2) is 0 Å². The third-order valence-corrected chi connectivity index (χ3v) is 2.80. The van der Waals surface area contributed by atoms with E-state index in [4.69, 9.17) is 14.6 Å². The van der Waals surface area contributed by atoms with Crippen LogP contribution in [0.1, 0.15) is 12.8 Å². The lowest BCUT2D eigenvalue weighted by Crippen LogP contribution is -2.35. The Balaban J connectivity index is 2.40. The lowest BCUT2D eigenvalue weighted by molar-refractivity contribution is -0.0369. The second-order valence-electron chi connectivity index (χ2n) is 3.83. The molecule has 1 aliphatic heterocycles. The van der Waals surface area contributed by atoms with Gasteiger partial charge in [0.1, 0.15) is 18.3 Å². The highest BCUT2D eigenvalue weighted by atomic mass is 16.6. The number of hydrogen-bond donors (Lipinski definition) is 3. The van der Waals surface area contributed by atoms with Crippen molar-refractivity contribution in [1.82, 2.24) is 5.32 Å². The van der Waals surface area contributed by atoms with Crippen molar-refractivity contribution in [3.8, 4) is 0 Å². The molecule has 0 aliphatic carbocycles. The van der Waals surface area contributed by atoms with Crippen molar-refractivity contribution in [2.45, 2.75) is 37.3 Å². The van der Waals surface area contributed by atoms with Crippen molar-refractivity contribution in [3.05, 3.63) is 0 Å². The molecule has 1 heterocycles. The molecule has 4 atom stereocenters. The number of methoxy groups -OCH3 is 1. The van der Waals surface area contributed by atoms with E-state index in [1.54, 1.807) is 0 Å². The predicted octanol–water partition coefficient (Wildman–Crippen LogP) is -0.878. The fraction of sp³-hybridized carbons (Fsp3) is 1.00. The molecule has 90 valence electrons. The minimum Gasteiger partial charge on any atom is -0.394 e. The molecule has 0 bridgehead atoms. The Morgan fingerprint density at radius 3 is 2.60 bits per heavy atom. The van der Waals surface area contributed by atoms with Crippen LogP contribution in [-0.4, -0.2) is 61.9 Å². The molecular formula is C10H21NO4. The topological polar surface area (TPSA) is 71.0 Å². The predicted molar refractivity (Wildman–Crippen MR) is 55.7 cm³/mol. The Morgan fingerprint density at radius 1 is 1.40 bits per heavy atom. The molecule has 5 nitrogen and oxygen atoms in total. The smallest absolute Gasteiger partial charge is 0.114 e. The molecular weight excluding hydrogens is 198 g/mol. The van der Waals surface area contributed by atoms with Crippen LogP contribution in [0.25, 0.3) is 0 Å². The van der Waals surface area contributed by atoms with Crippen molar-refractivity contribution in [2.75, 3.05) is 27.3 Å². The monoisotopic (exact) mass is 219 g/mol. The number of ether oxygens (including phenoxy) is 2. The molecule has 0 amide bonds. The molecule has 1 aliphatic rings. The van der Waals surface area contributed by atoms with Crippen LogP contribution >= 0.6 is 0 Å². The van der Waals surface area contributed by atoms with Crippen LogP contribution in [0.3, 0.4) is 0 Å². The summed E-state index contributed by atoms with van der Waals surface area (Å²) in [5.74, 6) is 0. The van der Waals surface area contributed by atoms with Crippen LogP contribution in [0.5, 0.6) is 0 Å². The van der Waals surface area contributed by atoms with Gasteiger partial charge in [-0.15, -0.1) is 0 Å². The van der Waals surface area contributed by atoms with E-state index >= 15 is 0 Å². The second kappa shape index (κ2) is 6.40. The molecule has 0 radical (unpaired) electrons. The Bertz CT molecular complexity index is 179. The number of hydrogen-bond acceptors (Lipinski definition) is 5. The van der Waals surface area contributed by atoms with Crippen molar-refractivity contribution in [2.24, 2.45) is 0 Å². The van der Waals surface area contributed by atoms with Crippen LogP contribution in [0, 0.1) is 0 Å². The first kappa shape index (κ1) is 12.9. The summed E-state index contributed by atoms with van der Waals surface area (Å²) < 4.78 is 10.6. The van der Waals surface area contributed by atoms with Crippen molar-refractivity contribution < 1.29 is 19.7 Å². The first-order valence-electron chi connectivity index (χ1n) is 5.36. The fourth-order valence-corrected chi connectivity index (χ4v) is 1.97. The van der Waals surface area contributed by atoms with Gasteiger partial charge >= 0.3 is 0 Å². The van der Waals surface area contributed by atoms with Gasteiger partial charge in [-0.2, -0.15) is 0 Å². The van der Waals surface area contributed by atoms with Gasteiger partial charge in [0.15, 0.2) is 0 Å². The van der Waals surface area contributed by atoms with Gasteiger partial charge in [0.2, 0.25) is 0 Å². The average Bonchev–Trinajstić information content (AvgIpc) is 2.55. The van der Waals surface area contributed by atoms with Gasteiger partial charge in [-0.05, 0) is 26.4 Å². The van der Waals surface area contributed by atoms with Gasteiger partial charge < -0.3 is 25.0 Å². The molecule has 0 aromatic carbocycles. The molecule has 1 fully saturated rings. The van der Waals surface area contributed by atoms with Gasteiger partial charge in [-0.3, -0.25) is 0 Å². The second-order valence-corrected chi connectivity index (χ2v) is 3.83. The maximum atomic E-state index is 9.87. The van der Waals surface area contributed by atoms with E-state index in [-0.39, 0.29) is 12.7 Å². The quantitative estimate of drug-likeness (QED) is 0.506. The normalized spacial score (nSPS) is 36.0. The lowest BCUT2D eigenvalue weighted by Gasteiger charge is -2.16. The minimum atomic E-state index is -0.635. The SMILES string of the molecule is CNCCCC1OC(CO)C(OC)C1O. The van der Waals surface area contributed by atoms with Crippen molar-refractivity contribution in [3.63, 3.8) is 0 Å². The molecule has 0 saturated carbocycles. The summed E-state index contributed by atoms with van der Waals surface area (Å²) in [6.45, 7) is 0.784. The number of aliphatic hydroxyl groups excluding tert-OH is 2. The number of aliphatic hydroxyl groups is 2. The minimum absolute atomic E-state index is 0.113. The van der Waals surface area contributed by atoms with E-state index in [2.05, 4.69) is 5.32 Å². The zero-order valence-corrected chi connectivity index (χ0v) is 9.35. The Kier molecular flexibility index (Phi) is 5.49. The highest BCUT2D eigenvalue weighted by Crippen LogP contribution is 2.26. The number of nitrogens with one attached hydrogen (secondary N) is 1. The zero-order valence-electron chi connectivity index (χ0n) is 9.35. The summed E-state index contributed by atoms with van der Waals surface area (Å²) in [6.07, 6.45) is 0.0502. The highest BCUT2D eigenvalue weighted by molar-refractivity contribution is 4.91. The largest absolute Gasteiger partial charge is 0.394 e. The van der Waals surface area contributed by atoms with Gasteiger partial charge in [-0.1, -0.05) is 0 Å². The van der Waals surface area contributed by atoms with Crippen LogP contribution < -0.4 is 5.32 Å². The van der Waals surface area contributed by atoms with E-state index in [9.17, 15) is 5.11 Å². The average molecular weight is 219 g/mol. The van der Waals surface area contributed by atoms with E-state index in [1.807, 2.05) is 7.05 Å². The molecule has 0 aromatic rings. The molecule has 4 unspecified atom stereocenters. The lowest BCUT2D eigenvalue weighted by atomic mass is 10.0. The summed E-state index contributed by atoms with van der Waals surface area (Å²) in [5, 5.41) is 22.0. The van der Waals surface area contributed by atoms with Crippen LogP contribution in [0.15, 0.2) is 0 Å². The molecule has 0 spiro atoms. The Morgan fingerprint density at radius 2 is 2.13 bits per heavy atom. The molecule has 1 rings (SSSR count). The molecule has 1 saturated heterocycles.